The molecule has 32 heavy (non-hydrogen) atoms. The summed E-state index contributed by atoms with van der Waals surface area (Å²) in [5.41, 5.74) is 2.77. The van der Waals surface area contributed by atoms with Crippen LogP contribution in [0.25, 0.3) is 0 Å². The topological polar surface area (TPSA) is 119 Å². The number of carboxylic acids is 1. The molecule has 0 aromatic heterocycles. The van der Waals surface area contributed by atoms with Crippen LogP contribution in [-0.4, -0.2) is 35.5 Å². The Balaban J connectivity index is 1.75. The predicted octanol–water partition coefficient (Wildman–Crippen LogP) is 2.98. The highest BCUT2D eigenvalue weighted by molar-refractivity contribution is 5.88. The van der Waals surface area contributed by atoms with E-state index in [1.54, 1.807) is 12.1 Å². The number of nitrogens with zero attached hydrogens (tertiary/aromatic N) is 1. The molecule has 0 radical (unpaired) electrons. The van der Waals surface area contributed by atoms with E-state index in [2.05, 4.69) is 16.7 Å². The van der Waals surface area contributed by atoms with Crippen molar-refractivity contribution in [1.29, 1.82) is 5.26 Å². The molecule has 0 heterocycles. The van der Waals surface area contributed by atoms with Gasteiger partial charge in [0.1, 0.15) is 6.04 Å². The lowest BCUT2D eigenvalue weighted by molar-refractivity contribution is -0.138. The van der Waals surface area contributed by atoms with Gasteiger partial charge < -0.3 is 15.7 Å². The van der Waals surface area contributed by atoms with Crippen molar-refractivity contribution in [3.63, 3.8) is 0 Å². The maximum absolute atomic E-state index is 12.5. The van der Waals surface area contributed by atoms with Crippen LogP contribution >= 0.6 is 0 Å². The van der Waals surface area contributed by atoms with Crippen molar-refractivity contribution < 1.29 is 19.5 Å². The third-order valence-corrected chi connectivity index (χ3v) is 5.06. The molecule has 0 fully saturated rings. The minimum Gasteiger partial charge on any atom is -0.481 e. The van der Waals surface area contributed by atoms with Gasteiger partial charge in [-0.25, -0.2) is 0 Å². The lowest BCUT2D eigenvalue weighted by Crippen LogP contribution is -2.47. The van der Waals surface area contributed by atoms with Gasteiger partial charge in [0.05, 0.1) is 11.6 Å². The van der Waals surface area contributed by atoms with Gasteiger partial charge >= 0.3 is 5.97 Å². The highest BCUT2D eigenvalue weighted by atomic mass is 16.4. The number of hydrogen-bond donors (Lipinski definition) is 3. The second kappa shape index (κ2) is 13.6. The van der Waals surface area contributed by atoms with Crippen LogP contribution in [0.5, 0.6) is 0 Å². The molecule has 2 amide bonds. The summed E-state index contributed by atoms with van der Waals surface area (Å²) in [4.78, 5) is 35.8. The molecule has 2 aromatic rings. The van der Waals surface area contributed by atoms with Gasteiger partial charge in [-0.2, -0.15) is 5.26 Å². The highest BCUT2D eigenvalue weighted by Crippen LogP contribution is 2.08. The molecule has 3 N–H and O–H groups in total. The van der Waals surface area contributed by atoms with Gasteiger partial charge in [0.2, 0.25) is 11.8 Å². The smallest absolute Gasteiger partial charge is 0.303 e. The second-order valence-corrected chi connectivity index (χ2v) is 7.59. The second-order valence-electron chi connectivity index (χ2n) is 7.59. The number of hydrogen-bond acceptors (Lipinski definition) is 4. The van der Waals surface area contributed by atoms with Crippen LogP contribution in [0.2, 0.25) is 0 Å². The lowest BCUT2D eigenvalue weighted by atomic mass is 10.1. The van der Waals surface area contributed by atoms with Crippen LogP contribution in [0.4, 0.5) is 0 Å². The molecule has 2 aromatic carbocycles. The molecular formula is C25H29N3O4. The lowest BCUT2D eigenvalue weighted by Gasteiger charge is -2.18. The quantitative estimate of drug-likeness (QED) is 0.418. The summed E-state index contributed by atoms with van der Waals surface area (Å²) in [7, 11) is 0. The summed E-state index contributed by atoms with van der Waals surface area (Å²) >= 11 is 0. The van der Waals surface area contributed by atoms with E-state index in [4.69, 9.17) is 10.4 Å². The van der Waals surface area contributed by atoms with Crippen molar-refractivity contribution in [3.05, 3.63) is 71.3 Å². The van der Waals surface area contributed by atoms with Gasteiger partial charge in [-0.15, -0.1) is 0 Å². The molecule has 7 heteroatoms. The summed E-state index contributed by atoms with van der Waals surface area (Å²) in [6.07, 6.45) is 3.06. The van der Waals surface area contributed by atoms with E-state index < -0.39 is 12.0 Å². The molecule has 0 bridgehead atoms. The van der Waals surface area contributed by atoms with Crippen LogP contribution in [0.1, 0.15) is 48.8 Å². The third kappa shape index (κ3) is 9.43. The average Bonchev–Trinajstić information content (AvgIpc) is 2.81. The molecule has 0 saturated heterocycles. The Hall–Kier alpha value is -3.66. The fraction of sp³-hybridized carbons (Fsp3) is 0.360. The maximum Gasteiger partial charge on any atom is 0.303 e. The SMILES string of the molecule is N#Cc1ccc(CCCCNC(=O)[C@@H](CCC(=O)O)NC(=O)CCc2ccccc2)cc1. The number of aryl methyl sites for hydroxylation is 2. The Bertz CT molecular complexity index is 920. The van der Waals surface area contributed by atoms with Crippen LogP contribution in [0.15, 0.2) is 54.6 Å². The molecule has 0 saturated carbocycles. The van der Waals surface area contributed by atoms with Crippen molar-refractivity contribution >= 4 is 17.8 Å². The zero-order valence-corrected chi connectivity index (χ0v) is 18.0. The minimum absolute atomic E-state index is 0.0451. The number of nitriles is 1. The van der Waals surface area contributed by atoms with Gasteiger partial charge in [0.15, 0.2) is 0 Å². The number of nitrogens with one attached hydrogen (secondary N) is 2. The molecule has 2 rings (SSSR count). The average molecular weight is 436 g/mol. The number of carbonyl (C=O) groups excluding carboxylic acids is 2. The number of benzene rings is 2. The largest absolute Gasteiger partial charge is 0.481 e. The molecule has 0 aliphatic heterocycles. The van der Waals surface area contributed by atoms with E-state index in [0.717, 1.165) is 30.4 Å². The first kappa shape index (κ1) is 24.6. The summed E-state index contributed by atoms with van der Waals surface area (Å²) in [6.45, 7) is 0.443. The van der Waals surface area contributed by atoms with Crippen molar-refractivity contribution in [2.45, 2.75) is 51.0 Å². The molecule has 0 spiro atoms. The summed E-state index contributed by atoms with van der Waals surface area (Å²) in [5.74, 6) is -1.65. The number of carbonyl (C=O) groups is 3. The Morgan fingerprint density at radius 2 is 1.59 bits per heavy atom. The molecular weight excluding hydrogens is 406 g/mol. The monoisotopic (exact) mass is 435 g/mol. The van der Waals surface area contributed by atoms with Crippen molar-refractivity contribution in [1.82, 2.24) is 10.6 Å². The first-order chi connectivity index (χ1) is 15.5. The number of carboxylic acid groups (broad SMARTS) is 1. The Morgan fingerprint density at radius 3 is 2.25 bits per heavy atom. The standard InChI is InChI=1S/C25H29N3O4/c26-18-21-11-9-20(10-12-21)8-4-5-17-27-25(32)22(14-16-24(30)31)28-23(29)15-13-19-6-2-1-3-7-19/h1-3,6-7,9-12,22H,4-5,8,13-17H2,(H,27,32)(H,28,29)(H,30,31)/t22-/m1/s1. The number of amides is 2. The van der Waals surface area contributed by atoms with Gasteiger partial charge in [0, 0.05) is 19.4 Å². The molecule has 7 nitrogen and oxygen atoms in total. The first-order valence-electron chi connectivity index (χ1n) is 10.8. The van der Waals surface area contributed by atoms with Crippen molar-refractivity contribution in [2.75, 3.05) is 6.54 Å². The van der Waals surface area contributed by atoms with E-state index in [1.165, 1.54) is 0 Å². The maximum atomic E-state index is 12.5. The Kier molecular flexibility index (Phi) is 10.5. The number of rotatable bonds is 13. The predicted molar refractivity (Wildman–Crippen MR) is 121 cm³/mol. The summed E-state index contributed by atoms with van der Waals surface area (Å²) < 4.78 is 0. The van der Waals surface area contributed by atoms with Crippen molar-refractivity contribution in [2.24, 2.45) is 0 Å². The van der Waals surface area contributed by atoms with Crippen LogP contribution < -0.4 is 10.6 Å². The fourth-order valence-corrected chi connectivity index (χ4v) is 3.24. The van der Waals surface area contributed by atoms with E-state index in [1.807, 2.05) is 42.5 Å². The number of aliphatic carboxylic acids is 1. The third-order valence-electron chi connectivity index (χ3n) is 5.06. The van der Waals surface area contributed by atoms with E-state index in [9.17, 15) is 14.4 Å². The van der Waals surface area contributed by atoms with Gasteiger partial charge in [0.25, 0.3) is 0 Å². The van der Waals surface area contributed by atoms with Crippen LogP contribution in [0.3, 0.4) is 0 Å². The summed E-state index contributed by atoms with van der Waals surface area (Å²) in [5, 5.41) is 23.3. The Morgan fingerprint density at radius 1 is 0.906 bits per heavy atom. The van der Waals surface area contributed by atoms with Crippen LogP contribution in [-0.2, 0) is 27.2 Å². The zero-order chi connectivity index (χ0) is 23.2. The minimum atomic E-state index is -1.01. The normalized spacial score (nSPS) is 11.2. The number of unbranched alkanes of at least 4 members (excludes halogenated alkanes) is 1. The zero-order valence-electron chi connectivity index (χ0n) is 18.0. The van der Waals surface area contributed by atoms with Gasteiger partial charge in [-0.05, 0) is 55.4 Å². The summed E-state index contributed by atoms with van der Waals surface area (Å²) in [6, 6.07) is 18.2. The van der Waals surface area contributed by atoms with Gasteiger partial charge in [-0.1, -0.05) is 42.5 Å². The van der Waals surface area contributed by atoms with Crippen molar-refractivity contribution in [3.8, 4) is 6.07 Å². The molecule has 0 aliphatic rings. The molecule has 0 aliphatic carbocycles. The van der Waals surface area contributed by atoms with Gasteiger partial charge in [-0.3, -0.25) is 14.4 Å². The van der Waals surface area contributed by atoms with Crippen LogP contribution in [0, 0.1) is 11.3 Å². The Labute approximate surface area is 188 Å². The molecule has 0 unspecified atom stereocenters. The first-order valence-corrected chi connectivity index (χ1v) is 10.8. The van der Waals surface area contributed by atoms with E-state index in [0.29, 0.717) is 18.5 Å². The van der Waals surface area contributed by atoms with E-state index in [-0.39, 0.29) is 31.1 Å². The molecule has 1 atom stereocenters. The van der Waals surface area contributed by atoms with E-state index >= 15 is 0 Å². The fourth-order valence-electron chi connectivity index (χ4n) is 3.24. The molecule has 168 valence electrons. The highest BCUT2D eigenvalue weighted by Gasteiger charge is 2.21.